The van der Waals surface area contributed by atoms with Crippen LogP contribution in [0.3, 0.4) is 0 Å². The van der Waals surface area contributed by atoms with Gasteiger partial charge in [0.25, 0.3) is 0 Å². The SMILES string of the molecule is Cc1c(Cl)cccc1NC(=O)CN1CCN(c2ccc3c(c2)OCCO3)C1=O. The van der Waals surface area contributed by atoms with Crippen LogP contribution >= 0.6 is 11.6 Å². The van der Waals surface area contributed by atoms with Crippen LogP contribution in [0.15, 0.2) is 36.4 Å². The Morgan fingerprint density at radius 3 is 2.75 bits per heavy atom. The minimum Gasteiger partial charge on any atom is -0.486 e. The van der Waals surface area contributed by atoms with E-state index in [2.05, 4.69) is 5.32 Å². The predicted octanol–water partition coefficient (Wildman–Crippen LogP) is 3.30. The van der Waals surface area contributed by atoms with Gasteiger partial charge in [0.05, 0.1) is 0 Å². The molecule has 0 spiro atoms. The molecule has 7 nitrogen and oxygen atoms in total. The average Bonchev–Trinajstić information content (AvgIpc) is 3.05. The number of carbonyl (C=O) groups excluding carboxylic acids is 2. The van der Waals surface area contributed by atoms with E-state index in [-0.39, 0.29) is 18.5 Å². The summed E-state index contributed by atoms with van der Waals surface area (Å²) in [4.78, 5) is 28.3. The molecule has 0 aliphatic carbocycles. The number of hydrogen-bond donors (Lipinski definition) is 1. The first-order valence-corrected chi connectivity index (χ1v) is 9.42. The Hall–Kier alpha value is -2.93. The normalized spacial score (nSPS) is 15.7. The van der Waals surface area contributed by atoms with Gasteiger partial charge in [-0.25, -0.2) is 4.79 Å². The van der Waals surface area contributed by atoms with Crippen LogP contribution in [0.2, 0.25) is 5.02 Å². The van der Waals surface area contributed by atoms with E-state index in [1.54, 1.807) is 35.2 Å². The van der Waals surface area contributed by atoms with Gasteiger partial charge in [0.1, 0.15) is 19.8 Å². The second-order valence-corrected chi connectivity index (χ2v) is 7.05. The van der Waals surface area contributed by atoms with Gasteiger partial charge < -0.3 is 19.7 Å². The zero-order valence-electron chi connectivity index (χ0n) is 15.4. The van der Waals surface area contributed by atoms with Crippen LogP contribution in [0, 0.1) is 6.92 Å². The highest BCUT2D eigenvalue weighted by molar-refractivity contribution is 6.31. The summed E-state index contributed by atoms with van der Waals surface area (Å²) < 4.78 is 11.1. The number of benzene rings is 2. The van der Waals surface area contributed by atoms with Crippen LogP contribution in [0.25, 0.3) is 0 Å². The zero-order valence-corrected chi connectivity index (χ0v) is 16.2. The molecule has 4 rings (SSSR count). The van der Waals surface area contributed by atoms with Gasteiger partial charge in [0.2, 0.25) is 5.91 Å². The monoisotopic (exact) mass is 401 g/mol. The van der Waals surface area contributed by atoms with Crippen LogP contribution in [-0.2, 0) is 4.79 Å². The molecule has 0 unspecified atom stereocenters. The largest absolute Gasteiger partial charge is 0.486 e. The van der Waals surface area contributed by atoms with Crippen LogP contribution < -0.4 is 19.7 Å². The number of rotatable bonds is 4. The highest BCUT2D eigenvalue weighted by atomic mass is 35.5. The number of nitrogens with one attached hydrogen (secondary N) is 1. The van der Waals surface area contributed by atoms with Gasteiger partial charge in [-0.1, -0.05) is 17.7 Å². The van der Waals surface area contributed by atoms with E-state index >= 15 is 0 Å². The molecule has 8 heteroatoms. The molecule has 0 aromatic heterocycles. The van der Waals surface area contributed by atoms with Crippen molar-refractivity contribution >= 4 is 34.9 Å². The summed E-state index contributed by atoms with van der Waals surface area (Å²) in [7, 11) is 0. The van der Waals surface area contributed by atoms with Crippen molar-refractivity contribution in [3.8, 4) is 11.5 Å². The number of halogens is 1. The standard InChI is InChI=1S/C20H20ClN3O4/c1-13-15(21)3-2-4-16(13)22-19(25)12-23-7-8-24(20(23)26)14-5-6-17-18(11-14)28-10-9-27-17/h2-6,11H,7-10,12H2,1H3,(H,22,25). The van der Waals surface area contributed by atoms with E-state index in [0.717, 1.165) is 11.3 Å². The van der Waals surface area contributed by atoms with Crippen LogP contribution in [0.5, 0.6) is 11.5 Å². The summed E-state index contributed by atoms with van der Waals surface area (Å²) >= 11 is 6.09. The lowest BCUT2D eigenvalue weighted by Gasteiger charge is -2.22. The first kappa shape index (κ1) is 18.4. The number of anilines is 2. The van der Waals surface area contributed by atoms with Gasteiger partial charge in [-0.05, 0) is 36.8 Å². The fraction of sp³-hybridized carbons (Fsp3) is 0.300. The number of nitrogens with zero attached hydrogens (tertiary/aromatic N) is 2. The Kier molecular flexibility index (Phi) is 5.00. The molecule has 1 fully saturated rings. The zero-order chi connectivity index (χ0) is 19.7. The Bertz CT molecular complexity index is 934. The molecule has 0 saturated carbocycles. The third-order valence-electron chi connectivity index (χ3n) is 4.81. The van der Waals surface area contributed by atoms with Crippen molar-refractivity contribution < 1.29 is 19.1 Å². The Balaban J connectivity index is 1.41. The average molecular weight is 402 g/mol. The van der Waals surface area contributed by atoms with E-state index in [0.29, 0.717) is 48.5 Å². The lowest BCUT2D eigenvalue weighted by Crippen LogP contribution is -2.37. The fourth-order valence-electron chi connectivity index (χ4n) is 3.27. The molecule has 2 heterocycles. The van der Waals surface area contributed by atoms with Gasteiger partial charge in [0.15, 0.2) is 11.5 Å². The van der Waals surface area contributed by atoms with Crippen LogP contribution in [-0.4, -0.2) is 49.7 Å². The third-order valence-corrected chi connectivity index (χ3v) is 5.22. The van der Waals surface area contributed by atoms with Crippen molar-refractivity contribution in [2.24, 2.45) is 0 Å². The van der Waals surface area contributed by atoms with Gasteiger partial charge in [0, 0.05) is 35.6 Å². The smallest absolute Gasteiger partial charge is 0.325 e. The summed E-state index contributed by atoms with van der Waals surface area (Å²) in [6.07, 6.45) is 0. The quantitative estimate of drug-likeness (QED) is 0.853. The van der Waals surface area contributed by atoms with Crippen molar-refractivity contribution in [2.45, 2.75) is 6.92 Å². The third kappa shape index (κ3) is 3.57. The molecule has 3 amide bonds. The number of amides is 3. The van der Waals surface area contributed by atoms with Gasteiger partial charge in [-0.2, -0.15) is 0 Å². The molecule has 0 radical (unpaired) electrons. The summed E-state index contributed by atoms with van der Waals surface area (Å²) in [5, 5.41) is 3.40. The molecular weight excluding hydrogens is 382 g/mol. The maximum Gasteiger partial charge on any atom is 0.325 e. The van der Waals surface area contributed by atoms with Gasteiger partial charge in [-0.3, -0.25) is 9.69 Å². The molecule has 28 heavy (non-hydrogen) atoms. The van der Waals surface area contributed by atoms with Crippen molar-refractivity contribution in [1.82, 2.24) is 4.90 Å². The lowest BCUT2D eigenvalue weighted by atomic mass is 10.2. The molecule has 2 aliphatic heterocycles. The first-order chi connectivity index (χ1) is 13.5. The minimum absolute atomic E-state index is 0.0220. The van der Waals surface area contributed by atoms with E-state index < -0.39 is 0 Å². The number of urea groups is 1. The second kappa shape index (κ2) is 7.59. The topological polar surface area (TPSA) is 71.1 Å². The summed E-state index contributed by atoms with van der Waals surface area (Å²) in [6.45, 7) is 3.79. The molecule has 2 aromatic carbocycles. The van der Waals surface area contributed by atoms with Crippen molar-refractivity contribution in [3.05, 3.63) is 47.0 Å². The Morgan fingerprint density at radius 1 is 1.14 bits per heavy atom. The Labute approximate surface area is 167 Å². The Morgan fingerprint density at radius 2 is 1.93 bits per heavy atom. The van der Waals surface area contributed by atoms with E-state index in [9.17, 15) is 9.59 Å². The molecule has 0 atom stereocenters. The molecular formula is C20H20ClN3O4. The van der Waals surface area contributed by atoms with E-state index in [1.807, 2.05) is 13.0 Å². The predicted molar refractivity (Wildman–Crippen MR) is 107 cm³/mol. The number of carbonyl (C=O) groups is 2. The van der Waals surface area contributed by atoms with E-state index in [1.165, 1.54) is 4.90 Å². The minimum atomic E-state index is -0.261. The first-order valence-electron chi connectivity index (χ1n) is 9.04. The number of hydrogen-bond acceptors (Lipinski definition) is 4. The molecule has 0 bridgehead atoms. The highest BCUT2D eigenvalue weighted by Gasteiger charge is 2.31. The number of ether oxygens (including phenoxy) is 2. The molecule has 146 valence electrons. The molecule has 1 saturated heterocycles. The van der Waals surface area contributed by atoms with Crippen molar-refractivity contribution in [1.29, 1.82) is 0 Å². The molecule has 2 aromatic rings. The summed E-state index contributed by atoms with van der Waals surface area (Å²) in [6, 6.07) is 10.5. The van der Waals surface area contributed by atoms with Crippen molar-refractivity contribution in [3.63, 3.8) is 0 Å². The molecule has 2 aliphatic rings. The van der Waals surface area contributed by atoms with Gasteiger partial charge >= 0.3 is 6.03 Å². The maximum atomic E-state index is 12.8. The fourth-order valence-corrected chi connectivity index (χ4v) is 3.45. The van der Waals surface area contributed by atoms with Crippen LogP contribution in [0.1, 0.15) is 5.56 Å². The summed E-state index contributed by atoms with van der Waals surface area (Å²) in [5.41, 5.74) is 2.17. The lowest BCUT2D eigenvalue weighted by molar-refractivity contribution is -0.116. The second-order valence-electron chi connectivity index (χ2n) is 6.64. The highest BCUT2D eigenvalue weighted by Crippen LogP contribution is 2.35. The maximum absolute atomic E-state index is 12.8. The molecule has 1 N–H and O–H groups in total. The van der Waals surface area contributed by atoms with Crippen LogP contribution in [0.4, 0.5) is 16.2 Å². The summed E-state index contributed by atoms with van der Waals surface area (Å²) in [5.74, 6) is 1.04. The number of fused-ring (bicyclic) bond motifs is 1. The van der Waals surface area contributed by atoms with Gasteiger partial charge in [-0.15, -0.1) is 0 Å². The van der Waals surface area contributed by atoms with Crippen molar-refractivity contribution in [2.75, 3.05) is 43.1 Å². The van der Waals surface area contributed by atoms with E-state index in [4.69, 9.17) is 21.1 Å².